The summed E-state index contributed by atoms with van der Waals surface area (Å²) in [4.78, 5) is 38.9. The predicted octanol–water partition coefficient (Wildman–Crippen LogP) is 4.27. The van der Waals surface area contributed by atoms with Crippen LogP contribution in [-0.2, 0) is 30.0 Å². The molecule has 0 radical (unpaired) electrons. The van der Waals surface area contributed by atoms with Crippen molar-refractivity contribution in [3.8, 4) is 0 Å². The molecular formula is C24H26F3NO5. The number of hydrogen-bond acceptors (Lipinski definition) is 6. The number of nitrogens with one attached hydrogen (secondary N) is 1. The van der Waals surface area contributed by atoms with Gasteiger partial charge in [0.2, 0.25) is 0 Å². The van der Waals surface area contributed by atoms with E-state index in [1.165, 1.54) is 19.2 Å². The first-order valence-corrected chi connectivity index (χ1v) is 10.7. The van der Waals surface area contributed by atoms with Gasteiger partial charge in [0.15, 0.2) is 5.78 Å². The third-order valence-electron chi connectivity index (χ3n) is 5.97. The fourth-order valence-corrected chi connectivity index (χ4v) is 4.42. The number of Topliss-reactive ketones (excluding diaryl/α,β-unsaturated/α-hetero) is 1. The number of allylic oxidation sites excluding steroid dienone is 3. The van der Waals surface area contributed by atoms with Gasteiger partial charge in [0.05, 0.1) is 24.9 Å². The van der Waals surface area contributed by atoms with E-state index in [4.69, 9.17) is 9.47 Å². The Bertz CT molecular complexity index is 1020. The van der Waals surface area contributed by atoms with Gasteiger partial charge < -0.3 is 14.8 Å². The van der Waals surface area contributed by atoms with Gasteiger partial charge >= 0.3 is 18.1 Å². The SMILES string of the molecule is CCCOC(=O)C1=C(C)NC2=C(C(=O)[C@@H](C(=O)OC)[C@H](C)C2)[C@@H]1c1ccc(C(F)(F)F)cc1. The third-order valence-corrected chi connectivity index (χ3v) is 5.97. The predicted molar refractivity (Wildman–Crippen MR) is 113 cm³/mol. The maximum atomic E-state index is 13.5. The van der Waals surface area contributed by atoms with E-state index in [-0.39, 0.29) is 23.7 Å². The molecule has 0 unspecified atom stereocenters. The molecule has 1 aromatic carbocycles. The second kappa shape index (κ2) is 9.41. The summed E-state index contributed by atoms with van der Waals surface area (Å²) in [5.74, 6) is -4.27. The van der Waals surface area contributed by atoms with E-state index in [0.29, 0.717) is 29.8 Å². The van der Waals surface area contributed by atoms with Crippen LogP contribution in [0.2, 0.25) is 0 Å². The van der Waals surface area contributed by atoms with Crippen molar-refractivity contribution in [1.82, 2.24) is 5.32 Å². The maximum absolute atomic E-state index is 13.5. The first-order valence-electron chi connectivity index (χ1n) is 10.7. The van der Waals surface area contributed by atoms with E-state index in [0.717, 1.165) is 12.1 Å². The zero-order chi connectivity index (χ0) is 24.5. The lowest BCUT2D eigenvalue weighted by Gasteiger charge is -2.38. The Balaban J connectivity index is 2.16. The van der Waals surface area contributed by atoms with Gasteiger partial charge in [-0.25, -0.2) is 4.79 Å². The number of ketones is 1. The Hall–Kier alpha value is -3.10. The highest BCUT2D eigenvalue weighted by Gasteiger charge is 2.47. The smallest absolute Gasteiger partial charge is 0.416 e. The minimum Gasteiger partial charge on any atom is -0.468 e. The van der Waals surface area contributed by atoms with Crippen LogP contribution in [0.4, 0.5) is 13.2 Å². The number of carbonyl (C=O) groups excluding carboxylic acids is 3. The maximum Gasteiger partial charge on any atom is 0.416 e. The highest BCUT2D eigenvalue weighted by atomic mass is 19.4. The monoisotopic (exact) mass is 465 g/mol. The first kappa shape index (κ1) is 24.5. The topological polar surface area (TPSA) is 81.7 Å². The van der Waals surface area contributed by atoms with Crippen molar-refractivity contribution in [3.63, 3.8) is 0 Å². The van der Waals surface area contributed by atoms with Gasteiger partial charge in [-0.1, -0.05) is 26.0 Å². The molecule has 2 aliphatic rings. The molecule has 6 nitrogen and oxygen atoms in total. The van der Waals surface area contributed by atoms with Crippen LogP contribution in [0.25, 0.3) is 0 Å². The number of esters is 2. The Labute approximate surface area is 189 Å². The fraction of sp³-hybridized carbons (Fsp3) is 0.458. The third kappa shape index (κ3) is 4.67. The molecule has 1 aromatic rings. The van der Waals surface area contributed by atoms with Crippen LogP contribution < -0.4 is 5.32 Å². The molecule has 9 heteroatoms. The van der Waals surface area contributed by atoms with Gasteiger partial charge in [0, 0.05) is 22.9 Å². The van der Waals surface area contributed by atoms with E-state index in [2.05, 4.69) is 5.32 Å². The van der Waals surface area contributed by atoms with E-state index < -0.39 is 41.3 Å². The van der Waals surface area contributed by atoms with E-state index in [1.54, 1.807) is 13.8 Å². The molecule has 1 N–H and O–H groups in total. The molecule has 0 amide bonds. The Morgan fingerprint density at radius 1 is 1.18 bits per heavy atom. The van der Waals surface area contributed by atoms with E-state index >= 15 is 0 Å². The van der Waals surface area contributed by atoms with Crippen molar-refractivity contribution in [2.24, 2.45) is 11.8 Å². The highest BCUT2D eigenvalue weighted by Crippen LogP contribution is 2.45. The lowest BCUT2D eigenvalue weighted by atomic mass is 9.69. The number of dihydropyridines is 1. The van der Waals surface area contributed by atoms with E-state index in [1.807, 2.05) is 6.92 Å². The zero-order valence-corrected chi connectivity index (χ0v) is 18.8. The summed E-state index contributed by atoms with van der Waals surface area (Å²) in [6, 6.07) is 4.33. The van der Waals surface area contributed by atoms with Crippen LogP contribution in [0.5, 0.6) is 0 Å². The van der Waals surface area contributed by atoms with Crippen molar-refractivity contribution in [2.75, 3.05) is 13.7 Å². The Kier molecular flexibility index (Phi) is 7.00. The summed E-state index contributed by atoms with van der Waals surface area (Å²) in [5, 5.41) is 3.10. The van der Waals surface area contributed by atoms with Crippen LogP contribution in [0.1, 0.15) is 50.7 Å². The molecule has 3 rings (SSSR count). The van der Waals surface area contributed by atoms with Gasteiger partial charge in [-0.15, -0.1) is 0 Å². The van der Waals surface area contributed by atoms with Crippen LogP contribution in [0.15, 0.2) is 46.8 Å². The summed E-state index contributed by atoms with van der Waals surface area (Å²) >= 11 is 0. The summed E-state index contributed by atoms with van der Waals surface area (Å²) in [7, 11) is 1.19. The molecule has 0 fully saturated rings. The van der Waals surface area contributed by atoms with Crippen molar-refractivity contribution in [3.05, 3.63) is 57.9 Å². The molecule has 1 aliphatic heterocycles. The lowest BCUT2D eigenvalue weighted by molar-refractivity contribution is -0.151. The van der Waals surface area contributed by atoms with Gasteiger partial charge in [-0.2, -0.15) is 13.2 Å². The largest absolute Gasteiger partial charge is 0.468 e. The van der Waals surface area contributed by atoms with Crippen molar-refractivity contribution >= 4 is 17.7 Å². The molecule has 33 heavy (non-hydrogen) atoms. The van der Waals surface area contributed by atoms with Crippen molar-refractivity contribution in [1.29, 1.82) is 0 Å². The molecule has 178 valence electrons. The second-order valence-corrected chi connectivity index (χ2v) is 8.29. The molecule has 0 spiro atoms. The van der Waals surface area contributed by atoms with Gasteiger partial charge in [-0.3, -0.25) is 9.59 Å². The first-order chi connectivity index (χ1) is 15.5. The summed E-state index contributed by atoms with van der Waals surface area (Å²) in [5.41, 5.74) is 0.789. The van der Waals surface area contributed by atoms with E-state index in [9.17, 15) is 27.6 Å². The average Bonchev–Trinajstić information content (AvgIpc) is 2.75. The minimum atomic E-state index is -4.53. The number of ether oxygens (including phenoxy) is 2. The van der Waals surface area contributed by atoms with Gasteiger partial charge in [-0.05, 0) is 43.4 Å². The second-order valence-electron chi connectivity index (χ2n) is 8.29. The molecular weight excluding hydrogens is 439 g/mol. The summed E-state index contributed by atoms with van der Waals surface area (Å²) in [6.07, 6.45) is -3.62. The van der Waals surface area contributed by atoms with Crippen molar-refractivity contribution < 1.29 is 37.0 Å². The zero-order valence-electron chi connectivity index (χ0n) is 18.8. The molecule has 1 aliphatic carbocycles. The number of methoxy groups -OCH3 is 1. The number of benzene rings is 1. The average molecular weight is 465 g/mol. The fourth-order valence-electron chi connectivity index (χ4n) is 4.42. The van der Waals surface area contributed by atoms with Gasteiger partial charge in [0.1, 0.15) is 5.92 Å². The Morgan fingerprint density at radius 3 is 2.36 bits per heavy atom. The lowest BCUT2D eigenvalue weighted by Crippen LogP contribution is -2.43. The summed E-state index contributed by atoms with van der Waals surface area (Å²) in [6.45, 7) is 5.39. The Morgan fingerprint density at radius 2 is 1.82 bits per heavy atom. The number of carbonyl (C=O) groups is 3. The van der Waals surface area contributed by atoms with Crippen LogP contribution in [0.3, 0.4) is 0 Å². The van der Waals surface area contributed by atoms with Crippen molar-refractivity contribution in [2.45, 2.75) is 45.7 Å². The highest BCUT2D eigenvalue weighted by molar-refractivity contribution is 6.12. The normalized spacial score (nSPS) is 23.1. The number of halogens is 3. The quantitative estimate of drug-likeness (QED) is 0.517. The van der Waals surface area contributed by atoms with Gasteiger partial charge in [0.25, 0.3) is 0 Å². The standard InChI is InChI=1S/C24H26F3NO5/c1-5-10-33-23(31)18-13(3)28-16-11-12(2)17(22(30)32-4)21(29)20(16)19(18)14-6-8-15(9-7-14)24(25,26)27/h6-9,12,17,19,28H,5,10-11H2,1-4H3/t12-,17+,19-/m1/s1. The molecule has 0 aromatic heterocycles. The number of rotatable bonds is 5. The molecule has 0 bridgehead atoms. The number of hydrogen-bond donors (Lipinski definition) is 1. The van der Waals surface area contributed by atoms with Crippen LogP contribution in [0, 0.1) is 11.8 Å². The van der Waals surface area contributed by atoms with Crippen LogP contribution >= 0.6 is 0 Å². The molecule has 0 saturated heterocycles. The molecule has 0 saturated carbocycles. The minimum absolute atomic E-state index is 0.133. The number of alkyl halides is 3. The van der Waals surface area contributed by atoms with Crippen LogP contribution in [-0.4, -0.2) is 31.4 Å². The molecule has 3 atom stereocenters. The summed E-state index contributed by atoms with van der Waals surface area (Å²) < 4.78 is 49.5. The molecule has 1 heterocycles.